The minimum atomic E-state index is -4.87. The summed E-state index contributed by atoms with van der Waals surface area (Å²) in [5.74, 6) is -1.80. The lowest BCUT2D eigenvalue weighted by atomic mass is 10.1. The Morgan fingerprint density at radius 3 is 2.43 bits per heavy atom. The van der Waals surface area contributed by atoms with E-state index in [4.69, 9.17) is 0 Å². The fourth-order valence-electron chi connectivity index (χ4n) is 2.26. The van der Waals surface area contributed by atoms with Crippen molar-refractivity contribution in [2.24, 2.45) is 0 Å². The molecule has 2 aromatic rings. The van der Waals surface area contributed by atoms with Crippen LogP contribution >= 0.6 is 0 Å². The zero-order valence-electron chi connectivity index (χ0n) is 11.5. The predicted molar refractivity (Wildman–Crippen MR) is 71.6 cm³/mol. The van der Waals surface area contributed by atoms with Crippen molar-refractivity contribution in [3.63, 3.8) is 0 Å². The fraction of sp³-hybridized carbons (Fsp3) is 0.133. The number of aromatic nitrogens is 1. The number of pyridine rings is 1. The third kappa shape index (κ3) is 3.01. The molecule has 1 aliphatic rings. The lowest BCUT2D eigenvalue weighted by molar-refractivity contribution is -0.274. The monoisotopic (exact) mass is 322 g/mol. The number of alkyl halides is 3. The van der Waals surface area contributed by atoms with Crippen LogP contribution in [0, 0.1) is 0 Å². The number of nitrogens with zero attached hydrogens (tertiary/aromatic N) is 2. The van der Waals surface area contributed by atoms with Crippen molar-refractivity contribution < 1.29 is 27.5 Å². The SMILES string of the molecule is O=C1c2ccc(OC(F)(F)F)cc2C(=O)N1Cc1ccccn1. The first-order valence-electron chi connectivity index (χ1n) is 6.51. The van der Waals surface area contributed by atoms with Gasteiger partial charge in [-0.3, -0.25) is 19.5 Å². The molecule has 5 nitrogen and oxygen atoms in total. The van der Waals surface area contributed by atoms with Crippen molar-refractivity contribution >= 4 is 11.8 Å². The number of ether oxygens (including phenoxy) is 1. The van der Waals surface area contributed by atoms with Crippen LogP contribution in [0.2, 0.25) is 0 Å². The molecule has 0 saturated carbocycles. The van der Waals surface area contributed by atoms with Gasteiger partial charge < -0.3 is 4.74 Å². The van der Waals surface area contributed by atoms with Crippen molar-refractivity contribution in [1.82, 2.24) is 9.88 Å². The summed E-state index contributed by atoms with van der Waals surface area (Å²) in [6, 6.07) is 8.10. The molecule has 3 rings (SSSR count). The number of imide groups is 1. The number of hydrogen-bond donors (Lipinski definition) is 0. The lowest BCUT2D eigenvalue weighted by Gasteiger charge is -2.12. The van der Waals surface area contributed by atoms with Gasteiger partial charge in [-0.15, -0.1) is 13.2 Å². The van der Waals surface area contributed by atoms with Crippen molar-refractivity contribution in [3.8, 4) is 5.75 Å². The minimum absolute atomic E-state index is 0.0421. The number of amides is 2. The van der Waals surface area contributed by atoms with Crippen LogP contribution in [0.1, 0.15) is 26.4 Å². The molecule has 118 valence electrons. The normalized spacial score (nSPS) is 14.1. The quantitative estimate of drug-likeness (QED) is 0.815. The van der Waals surface area contributed by atoms with E-state index in [1.807, 2.05) is 0 Å². The van der Waals surface area contributed by atoms with Gasteiger partial charge >= 0.3 is 6.36 Å². The maximum absolute atomic E-state index is 12.3. The van der Waals surface area contributed by atoms with E-state index in [1.54, 1.807) is 18.2 Å². The molecule has 8 heteroatoms. The highest BCUT2D eigenvalue weighted by Crippen LogP contribution is 2.30. The zero-order chi connectivity index (χ0) is 16.6. The van der Waals surface area contributed by atoms with E-state index in [0.717, 1.165) is 23.1 Å². The maximum Gasteiger partial charge on any atom is 0.573 e. The van der Waals surface area contributed by atoms with Crippen LogP contribution in [0.4, 0.5) is 13.2 Å². The Kier molecular flexibility index (Phi) is 3.51. The highest BCUT2D eigenvalue weighted by atomic mass is 19.4. The first-order valence-corrected chi connectivity index (χ1v) is 6.51. The van der Waals surface area contributed by atoms with Crippen LogP contribution in [0.3, 0.4) is 0 Å². The molecule has 0 saturated heterocycles. The second-order valence-electron chi connectivity index (χ2n) is 4.77. The van der Waals surface area contributed by atoms with Gasteiger partial charge in [0, 0.05) is 6.20 Å². The second-order valence-corrected chi connectivity index (χ2v) is 4.77. The number of fused-ring (bicyclic) bond motifs is 1. The molecule has 1 aromatic carbocycles. The predicted octanol–water partition coefficient (Wildman–Crippen LogP) is 2.78. The van der Waals surface area contributed by atoms with E-state index in [0.29, 0.717) is 5.69 Å². The number of benzene rings is 1. The van der Waals surface area contributed by atoms with Gasteiger partial charge in [0.15, 0.2) is 0 Å². The van der Waals surface area contributed by atoms with Gasteiger partial charge in [0.25, 0.3) is 11.8 Å². The summed E-state index contributed by atoms with van der Waals surface area (Å²) in [4.78, 5) is 29.4. The molecule has 0 spiro atoms. The number of carbonyl (C=O) groups is 2. The van der Waals surface area contributed by atoms with Crippen molar-refractivity contribution in [3.05, 3.63) is 59.4 Å². The number of carbonyl (C=O) groups excluding carboxylic acids is 2. The number of halogens is 3. The molecular weight excluding hydrogens is 313 g/mol. The zero-order valence-corrected chi connectivity index (χ0v) is 11.5. The summed E-state index contributed by atoms with van der Waals surface area (Å²) in [5.41, 5.74) is 0.418. The highest BCUT2D eigenvalue weighted by molar-refractivity contribution is 6.21. The number of rotatable bonds is 3. The first-order chi connectivity index (χ1) is 10.8. The molecule has 0 radical (unpaired) electrons. The average Bonchev–Trinajstić information content (AvgIpc) is 2.72. The summed E-state index contributed by atoms with van der Waals surface area (Å²) in [5, 5.41) is 0. The lowest BCUT2D eigenvalue weighted by Crippen LogP contribution is -2.29. The Balaban J connectivity index is 1.88. The van der Waals surface area contributed by atoms with Gasteiger partial charge in [-0.2, -0.15) is 0 Å². The van der Waals surface area contributed by atoms with Gasteiger partial charge in [0.05, 0.1) is 23.4 Å². The van der Waals surface area contributed by atoms with Crippen molar-refractivity contribution in [1.29, 1.82) is 0 Å². The molecular formula is C15H9F3N2O3. The Morgan fingerprint density at radius 2 is 1.78 bits per heavy atom. The van der Waals surface area contributed by atoms with E-state index in [2.05, 4.69) is 9.72 Å². The van der Waals surface area contributed by atoms with Crippen LogP contribution in [0.25, 0.3) is 0 Å². The maximum atomic E-state index is 12.3. The molecule has 1 aliphatic heterocycles. The molecule has 2 heterocycles. The van der Waals surface area contributed by atoms with E-state index in [9.17, 15) is 22.8 Å². The molecule has 0 aliphatic carbocycles. The Bertz CT molecular complexity index is 775. The number of hydrogen-bond acceptors (Lipinski definition) is 4. The van der Waals surface area contributed by atoms with E-state index < -0.39 is 23.9 Å². The van der Waals surface area contributed by atoms with E-state index >= 15 is 0 Å². The van der Waals surface area contributed by atoms with Gasteiger partial charge in [-0.05, 0) is 30.3 Å². The standard InChI is InChI=1S/C15H9F3N2O3/c16-15(17,18)23-10-4-5-11-12(7-10)14(22)20(13(11)21)8-9-3-1-2-6-19-9/h1-7H,8H2. The van der Waals surface area contributed by atoms with Crippen LogP contribution in [0.15, 0.2) is 42.6 Å². The molecule has 0 atom stereocenters. The molecule has 1 aromatic heterocycles. The Labute approximate surface area is 128 Å². The third-order valence-electron chi connectivity index (χ3n) is 3.22. The van der Waals surface area contributed by atoms with E-state index in [-0.39, 0.29) is 17.7 Å². The highest BCUT2D eigenvalue weighted by Gasteiger charge is 2.37. The minimum Gasteiger partial charge on any atom is -0.406 e. The second kappa shape index (κ2) is 5.38. The average molecular weight is 322 g/mol. The largest absolute Gasteiger partial charge is 0.573 e. The van der Waals surface area contributed by atoms with Crippen LogP contribution in [0.5, 0.6) is 5.75 Å². The summed E-state index contributed by atoms with van der Waals surface area (Å²) in [6.45, 7) is -0.0529. The smallest absolute Gasteiger partial charge is 0.406 e. The molecule has 23 heavy (non-hydrogen) atoms. The van der Waals surface area contributed by atoms with Gasteiger partial charge in [-0.1, -0.05) is 6.07 Å². The summed E-state index contributed by atoms with van der Waals surface area (Å²) in [7, 11) is 0. The first kappa shape index (κ1) is 15.0. The molecule has 2 amide bonds. The van der Waals surface area contributed by atoms with Crippen LogP contribution in [-0.2, 0) is 6.54 Å². The van der Waals surface area contributed by atoms with Crippen molar-refractivity contribution in [2.75, 3.05) is 0 Å². The summed E-state index contributed by atoms with van der Waals surface area (Å²) >= 11 is 0. The molecule has 0 N–H and O–H groups in total. The molecule has 0 fully saturated rings. The molecule has 0 bridgehead atoms. The van der Waals surface area contributed by atoms with Gasteiger partial charge in [-0.25, -0.2) is 0 Å². The topological polar surface area (TPSA) is 59.5 Å². The van der Waals surface area contributed by atoms with Crippen LogP contribution in [-0.4, -0.2) is 28.1 Å². The van der Waals surface area contributed by atoms with Crippen molar-refractivity contribution in [2.45, 2.75) is 12.9 Å². The van der Waals surface area contributed by atoms with Crippen LogP contribution < -0.4 is 4.74 Å². The Morgan fingerprint density at radius 1 is 1.04 bits per heavy atom. The van der Waals surface area contributed by atoms with E-state index in [1.165, 1.54) is 6.20 Å². The van der Waals surface area contributed by atoms with Gasteiger partial charge in [0.1, 0.15) is 5.75 Å². The summed E-state index contributed by atoms with van der Waals surface area (Å²) in [6.07, 6.45) is -3.35. The van der Waals surface area contributed by atoms with Gasteiger partial charge in [0.2, 0.25) is 0 Å². The Hall–Kier alpha value is -2.90. The third-order valence-corrected chi connectivity index (χ3v) is 3.22. The summed E-state index contributed by atoms with van der Waals surface area (Å²) < 4.78 is 40.5. The molecule has 0 unspecified atom stereocenters. The fourth-order valence-corrected chi connectivity index (χ4v) is 2.26.